The van der Waals surface area contributed by atoms with Crippen LogP contribution in [0.1, 0.15) is 5.56 Å². The molecular formula is C13H10BrClN2O2S. The number of hydrogen-bond donors (Lipinski definition) is 1. The number of rotatable bonds is 4. The first-order valence-electron chi connectivity index (χ1n) is 5.53. The van der Waals surface area contributed by atoms with Crippen LogP contribution in [0, 0.1) is 0 Å². The van der Waals surface area contributed by atoms with E-state index in [9.17, 15) is 8.42 Å². The molecule has 0 radical (unpaired) electrons. The summed E-state index contributed by atoms with van der Waals surface area (Å²) in [6.07, 6.45) is 2.99. The predicted octanol–water partition coefficient (Wildman–Crippen LogP) is 3.91. The molecule has 0 unspecified atom stereocenters. The van der Waals surface area contributed by atoms with Crippen LogP contribution >= 0.6 is 27.5 Å². The summed E-state index contributed by atoms with van der Waals surface area (Å²) in [6, 6.07) is 10.7. The van der Waals surface area contributed by atoms with Crippen LogP contribution in [-0.2, 0) is 10.0 Å². The van der Waals surface area contributed by atoms with Gasteiger partial charge in [-0.2, -0.15) is 0 Å². The van der Waals surface area contributed by atoms with Crippen molar-refractivity contribution in [1.29, 1.82) is 0 Å². The molecule has 0 aliphatic carbocycles. The molecule has 0 fully saturated rings. The second-order valence-electron chi connectivity index (χ2n) is 3.85. The molecule has 1 aromatic heterocycles. The molecule has 0 atom stereocenters. The molecule has 0 aliphatic rings. The average Bonchev–Trinajstić information content (AvgIpc) is 2.42. The Bertz CT molecular complexity index is 733. The zero-order chi connectivity index (χ0) is 14.6. The van der Waals surface area contributed by atoms with Crippen molar-refractivity contribution in [3.8, 4) is 0 Å². The van der Waals surface area contributed by atoms with Crippen LogP contribution < -0.4 is 4.72 Å². The molecule has 7 heteroatoms. The van der Waals surface area contributed by atoms with E-state index < -0.39 is 10.0 Å². The van der Waals surface area contributed by atoms with E-state index in [2.05, 4.69) is 25.6 Å². The van der Waals surface area contributed by atoms with E-state index in [1.54, 1.807) is 18.2 Å². The number of nitrogens with one attached hydrogen (secondary N) is 1. The molecule has 4 nitrogen and oxygen atoms in total. The van der Waals surface area contributed by atoms with E-state index in [0.29, 0.717) is 4.47 Å². The minimum Gasteiger partial charge on any atom is -0.277 e. The van der Waals surface area contributed by atoms with Crippen LogP contribution in [0.3, 0.4) is 0 Å². The highest BCUT2D eigenvalue weighted by Gasteiger charge is 2.10. The monoisotopic (exact) mass is 372 g/mol. The zero-order valence-corrected chi connectivity index (χ0v) is 13.3. The molecule has 0 spiro atoms. The number of halogens is 2. The number of aromatic nitrogens is 1. The number of nitrogens with zero attached hydrogens (tertiary/aromatic N) is 1. The summed E-state index contributed by atoms with van der Waals surface area (Å²) in [6.45, 7) is 0. The van der Waals surface area contributed by atoms with Crippen molar-refractivity contribution in [3.63, 3.8) is 0 Å². The Morgan fingerprint density at radius 3 is 2.65 bits per heavy atom. The Morgan fingerprint density at radius 2 is 1.95 bits per heavy atom. The molecule has 1 heterocycles. The fourth-order valence-electron chi connectivity index (χ4n) is 1.41. The number of benzene rings is 1. The molecule has 0 saturated heterocycles. The molecule has 0 aliphatic heterocycles. The first-order chi connectivity index (χ1) is 9.46. The number of hydrogen-bond acceptors (Lipinski definition) is 3. The summed E-state index contributed by atoms with van der Waals surface area (Å²) >= 11 is 9.04. The highest BCUT2D eigenvalue weighted by Crippen LogP contribution is 2.24. The smallest absolute Gasteiger partial charge is 0.255 e. The first kappa shape index (κ1) is 15.0. The van der Waals surface area contributed by atoms with E-state index in [1.807, 2.05) is 18.2 Å². The maximum Gasteiger partial charge on any atom is 0.255 e. The van der Waals surface area contributed by atoms with Crippen molar-refractivity contribution in [2.24, 2.45) is 0 Å². The maximum absolute atomic E-state index is 11.9. The Labute approximate surface area is 130 Å². The summed E-state index contributed by atoms with van der Waals surface area (Å²) in [7, 11) is -3.65. The third-order valence-electron chi connectivity index (χ3n) is 2.30. The Kier molecular flexibility index (Phi) is 4.80. The lowest BCUT2D eigenvalue weighted by molar-refractivity contribution is 0.609. The molecular weight excluding hydrogens is 364 g/mol. The van der Waals surface area contributed by atoms with Crippen LogP contribution in [0.25, 0.3) is 6.08 Å². The van der Waals surface area contributed by atoms with Crippen LogP contribution in [0.5, 0.6) is 0 Å². The van der Waals surface area contributed by atoms with Crippen molar-refractivity contribution in [3.05, 3.63) is 63.2 Å². The van der Waals surface area contributed by atoms with E-state index in [4.69, 9.17) is 11.6 Å². The maximum atomic E-state index is 11.9. The minimum absolute atomic E-state index is 0.0879. The molecule has 0 amide bonds. The van der Waals surface area contributed by atoms with Crippen molar-refractivity contribution < 1.29 is 8.42 Å². The number of anilines is 1. The third-order valence-corrected chi connectivity index (χ3v) is 4.03. The van der Waals surface area contributed by atoms with Crippen LogP contribution in [0.2, 0.25) is 5.15 Å². The lowest BCUT2D eigenvalue weighted by atomic mass is 10.2. The first-order valence-corrected chi connectivity index (χ1v) is 8.25. The van der Waals surface area contributed by atoms with Gasteiger partial charge in [0.1, 0.15) is 0 Å². The van der Waals surface area contributed by atoms with Gasteiger partial charge in [0.2, 0.25) is 0 Å². The van der Waals surface area contributed by atoms with E-state index >= 15 is 0 Å². The number of pyridine rings is 1. The second-order valence-corrected chi connectivity index (χ2v) is 6.69. The van der Waals surface area contributed by atoms with Crippen molar-refractivity contribution >= 4 is 49.3 Å². The average molecular weight is 374 g/mol. The summed E-state index contributed by atoms with van der Waals surface area (Å²) in [4.78, 5) is 3.85. The second kappa shape index (κ2) is 6.39. The van der Waals surface area contributed by atoms with Crippen LogP contribution in [-0.4, -0.2) is 13.4 Å². The largest absolute Gasteiger partial charge is 0.277 e. The zero-order valence-electron chi connectivity index (χ0n) is 10.1. The van der Waals surface area contributed by atoms with Gasteiger partial charge in [-0.1, -0.05) is 41.9 Å². The minimum atomic E-state index is -3.65. The SMILES string of the molecule is O=S(=O)(/C=C/c1ccccc1)Nc1cc(Br)cnc1Cl. The normalized spacial score (nSPS) is 11.7. The van der Waals surface area contributed by atoms with Crippen molar-refractivity contribution in [2.45, 2.75) is 0 Å². The van der Waals surface area contributed by atoms with Gasteiger partial charge in [-0.25, -0.2) is 13.4 Å². The van der Waals surface area contributed by atoms with Gasteiger partial charge in [-0.3, -0.25) is 4.72 Å². The van der Waals surface area contributed by atoms with Gasteiger partial charge in [0, 0.05) is 10.7 Å². The molecule has 0 saturated carbocycles. The van der Waals surface area contributed by atoms with Gasteiger partial charge in [0.05, 0.1) is 11.1 Å². The molecule has 2 rings (SSSR count). The molecule has 1 N–H and O–H groups in total. The Balaban J connectivity index is 2.19. The van der Waals surface area contributed by atoms with Gasteiger partial charge < -0.3 is 0 Å². The molecule has 104 valence electrons. The highest BCUT2D eigenvalue weighted by molar-refractivity contribution is 9.10. The fraction of sp³-hybridized carbons (Fsp3) is 0. The van der Waals surface area contributed by atoms with Gasteiger partial charge in [-0.15, -0.1) is 0 Å². The van der Waals surface area contributed by atoms with Crippen molar-refractivity contribution in [1.82, 2.24) is 4.98 Å². The van der Waals surface area contributed by atoms with E-state index in [1.165, 1.54) is 12.3 Å². The van der Waals surface area contributed by atoms with E-state index in [0.717, 1.165) is 11.0 Å². The quantitative estimate of drug-likeness (QED) is 0.827. The summed E-state index contributed by atoms with van der Waals surface area (Å²) in [5, 5.41) is 1.17. The number of sulfonamides is 1. The van der Waals surface area contributed by atoms with Gasteiger partial charge >= 0.3 is 0 Å². The molecule has 2 aromatic rings. The molecule has 0 bridgehead atoms. The van der Waals surface area contributed by atoms with Crippen molar-refractivity contribution in [2.75, 3.05) is 4.72 Å². The fourth-order valence-corrected chi connectivity index (χ4v) is 2.82. The van der Waals surface area contributed by atoms with Gasteiger partial charge in [0.25, 0.3) is 10.0 Å². The third kappa shape index (κ3) is 4.33. The highest BCUT2D eigenvalue weighted by atomic mass is 79.9. The van der Waals surface area contributed by atoms with E-state index in [-0.39, 0.29) is 10.8 Å². The lowest BCUT2D eigenvalue weighted by Gasteiger charge is -2.06. The summed E-state index contributed by atoms with van der Waals surface area (Å²) in [5.74, 6) is 0. The van der Waals surface area contributed by atoms with Crippen LogP contribution in [0.15, 0.2) is 52.5 Å². The molecule has 1 aromatic carbocycles. The Morgan fingerprint density at radius 1 is 1.25 bits per heavy atom. The Hall–Kier alpha value is -1.37. The predicted molar refractivity (Wildman–Crippen MR) is 85.0 cm³/mol. The summed E-state index contributed by atoms with van der Waals surface area (Å²) < 4.78 is 26.9. The topological polar surface area (TPSA) is 59.1 Å². The molecule has 20 heavy (non-hydrogen) atoms. The standard InChI is InChI=1S/C13H10BrClN2O2S/c14-11-8-12(13(15)16-9-11)17-20(18,19)7-6-10-4-2-1-3-5-10/h1-9,17H/b7-6+. The van der Waals surface area contributed by atoms with Gasteiger partial charge in [0.15, 0.2) is 5.15 Å². The lowest BCUT2D eigenvalue weighted by Crippen LogP contribution is -2.09. The van der Waals surface area contributed by atoms with Crippen LogP contribution in [0.4, 0.5) is 5.69 Å². The van der Waals surface area contributed by atoms with Gasteiger partial charge in [-0.05, 0) is 33.6 Å². The summed E-state index contributed by atoms with van der Waals surface area (Å²) in [5.41, 5.74) is 1.01.